The number of nitrogens with zero attached hydrogens (tertiary/aromatic N) is 2. The second kappa shape index (κ2) is 5.44. The van der Waals surface area contributed by atoms with Gasteiger partial charge in [-0.2, -0.15) is 5.10 Å². The van der Waals surface area contributed by atoms with Gasteiger partial charge in [0.05, 0.1) is 5.02 Å². The summed E-state index contributed by atoms with van der Waals surface area (Å²) in [6.07, 6.45) is 0.630. The molecule has 1 heterocycles. The largest absolute Gasteiger partial charge is 0.396 e. The van der Waals surface area contributed by atoms with Crippen molar-refractivity contribution in [2.24, 2.45) is 0 Å². The first-order chi connectivity index (χ1) is 8.24. The minimum Gasteiger partial charge on any atom is -0.396 e. The fraction of sp³-hybridized carbons (Fsp3) is 0.273. The molecule has 0 aliphatic carbocycles. The molecule has 0 saturated heterocycles. The van der Waals surface area contributed by atoms with E-state index < -0.39 is 0 Å². The average Bonchev–Trinajstić information content (AvgIpc) is 2.69. The van der Waals surface area contributed by atoms with Gasteiger partial charge < -0.3 is 9.67 Å². The van der Waals surface area contributed by atoms with Crippen molar-refractivity contribution in [1.29, 1.82) is 0 Å². The number of aliphatic hydroxyl groups excluding tert-OH is 1. The Bertz CT molecular complexity index is 564. The molecule has 0 bridgehead atoms. The van der Waals surface area contributed by atoms with E-state index in [1.54, 1.807) is 0 Å². The van der Waals surface area contributed by atoms with Crippen LogP contribution in [0, 0.1) is 4.77 Å². The van der Waals surface area contributed by atoms with Crippen molar-refractivity contribution in [3.8, 4) is 11.4 Å². The predicted octanol–water partition coefficient (Wildman–Crippen LogP) is 2.64. The van der Waals surface area contributed by atoms with E-state index in [-0.39, 0.29) is 6.61 Å². The highest BCUT2D eigenvalue weighted by Gasteiger charge is 2.11. The summed E-state index contributed by atoms with van der Waals surface area (Å²) in [7, 11) is 0. The van der Waals surface area contributed by atoms with Gasteiger partial charge >= 0.3 is 0 Å². The van der Waals surface area contributed by atoms with Crippen LogP contribution in [0.4, 0.5) is 0 Å². The summed E-state index contributed by atoms with van der Waals surface area (Å²) in [5.74, 6) is 0.703. The highest BCUT2D eigenvalue weighted by atomic mass is 35.5. The zero-order valence-electron chi connectivity index (χ0n) is 9.06. The number of nitrogens with one attached hydrogen (secondary N) is 1. The Hall–Kier alpha value is -1.17. The van der Waals surface area contributed by atoms with Crippen molar-refractivity contribution >= 4 is 23.8 Å². The Balaban J connectivity index is 2.46. The second-order valence-electron chi connectivity index (χ2n) is 3.56. The SMILES string of the molecule is OCCCn1c(-c2ccccc2Cl)n[nH]c1=S. The fourth-order valence-corrected chi connectivity index (χ4v) is 2.05. The van der Waals surface area contributed by atoms with E-state index in [0.29, 0.717) is 28.6 Å². The maximum Gasteiger partial charge on any atom is 0.195 e. The number of aliphatic hydroxyl groups is 1. The summed E-state index contributed by atoms with van der Waals surface area (Å²) in [5, 5.41) is 16.4. The lowest BCUT2D eigenvalue weighted by Crippen LogP contribution is -2.03. The molecule has 0 fully saturated rings. The molecule has 0 unspecified atom stereocenters. The summed E-state index contributed by atoms with van der Waals surface area (Å²) in [4.78, 5) is 0. The number of H-pyrrole nitrogens is 1. The van der Waals surface area contributed by atoms with Gasteiger partial charge in [0.25, 0.3) is 0 Å². The standard InChI is InChI=1S/C11H12ClN3OS/c12-9-5-2-1-4-8(9)10-13-14-11(17)15(10)6-3-7-16/h1-2,4-5,16H,3,6-7H2,(H,14,17). The lowest BCUT2D eigenvalue weighted by atomic mass is 10.2. The van der Waals surface area contributed by atoms with Crippen LogP contribution < -0.4 is 0 Å². The molecule has 0 amide bonds. The Morgan fingerprint density at radius 3 is 2.88 bits per heavy atom. The summed E-state index contributed by atoms with van der Waals surface area (Å²) in [5.41, 5.74) is 0.833. The lowest BCUT2D eigenvalue weighted by molar-refractivity contribution is 0.279. The number of rotatable bonds is 4. The molecule has 0 aliphatic rings. The second-order valence-corrected chi connectivity index (χ2v) is 4.35. The van der Waals surface area contributed by atoms with Crippen LogP contribution in [-0.4, -0.2) is 26.5 Å². The van der Waals surface area contributed by atoms with E-state index in [1.165, 1.54) is 0 Å². The normalized spacial score (nSPS) is 10.7. The molecule has 17 heavy (non-hydrogen) atoms. The van der Waals surface area contributed by atoms with E-state index in [9.17, 15) is 0 Å². The number of benzene rings is 1. The monoisotopic (exact) mass is 269 g/mol. The first-order valence-electron chi connectivity index (χ1n) is 5.25. The fourth-order valence-electron chi connectivity index (χ4n) is 1.60. The molecular formula is C11H12ClN3OS. The smallest absolute Gasteiger partial charge is 0.195 e. The van der Waals surface area contributed by atoms with Gasteiger partial charge in [-0.05, 0) is 30.8 Å². The van der Waals surface area contributed by atoms with Crippen LogP contribution in [0.5, 0.6) is 0 Å². The number of aromatic amines is 1. The van der Waals surface area contributed by atoms with Gasteiger partial charge in [0, 0.05) is 18.7 Å². The van der Waals surface area contributed by atoms with Gasteiger partial charge in [0.1, 0.15) is 0 Å². The maximum atomic E-state index is 8.87. The van der Waals surface area contributed by atoms with E-state index in [2.05, 4.69) is 10.2 Å². The summed E-state index contributed by atoms with van der Waals surface area (Å²) in [6, 6.07) is 7.47. The van der Waals surface area contributed by atoms with Crippen molar-refractivity contribution in [2.75, 3.05) is 6.61 Å². The van der Waals surface area contributed by atoms with Crippen LogP contribution in [0.1, 0.15) is 6.42 Å². The van der Waals surface area contributed by atoms with Gasteiger partial charge in [-0.3, -0.25) is 5.10 Å². The van der Waals surface area contributed by atoms with Crippen LogP contribution in [0.2, 0.25) is 5.02 Å². The number of hydrogen-bond donors (Lipinski definition) is 2. The van der Waals surface area contributed by atoms with Crippen molar-refractivity contribution in [3.63, 3.8) is 0 Å². The van der Waals surface area contributed by atoms with Crippen LogP contribution >= 0.6 is 23.8 Å². The molecule has 4 nitrogen and oxygen atoms in total. The minimum absolute atomic E-state index is 0.120. The van der Waals surface area contributed by atoms with E-state index in [1.807, 2.05) is 28.8 Å². The van der Waals surface area contributed by atoms with Gasteiger partial charge in [-0.25, -0.2) is 0 Å². The number of hydrogen-bond acceptors (Lipinski definition) is 3. The third-order valence-electron chi connectivity index (χ3n) is 2.41. The van der Waals surface area contributed by atoms with Crippen molar-refractivity contribution in [2.45, 2.75) is 13.0 Å². The van der Waals surface area contributed by atoms with Crippen molar-refractivity contribution in [1.82, 2.24) is 14.8 Å². The quantitative estimate of drug-likeness (QED) is 0.839. The highest BCUT2D eigenvalue weighted by molar-refractivity contribution is 7.71. The van der Waals surface area contributed by atoms with Crippen LogP contribution in [0.15, 0.2) is 24.3 Å². The minimum atomic E-state index is 0.120. The van der Waals surface area contributed by atoms with Crippen LogP contribution in [0.3, 0.4) is 0 Å². The average molecular weight is 270 g/mol. The van der Waals surface area contributed by atoms with E-state index in [4.69, 9.17) is 28.9 Å². The van der Waals surface area contributed by atoms with Crippen LogP contribution in [-0.2, 0) is 6.54 Å². The molecule has 0 aliphatic heterocycles. The third-order valence-corrected chi connectivity index (χ3v) is 3.05. The molecule has 90 valence electrons. The summed E-state index contributed by atoms with van der Waals surface area (Å²) in [6.45, 7) is 0.737. The molecule has 1 aromatic carbocycles. The van der Waals surface area contributed by atoms with Gasteiger partial charge in [0.15, 0.2) is 10.6 Å². The Morgan fingerprint density at radius 1 is 1.41 bits per heavy atom. The Morgan fingerprint density at radius 2 is 2.18 bits per heavy atom. The van der Waals surface area contributed by atoms with E-state index >= 15 is 0 Å². The molecule has 2 rings (SSSR count). The maximum absolute atomic E-state index is 8.87. The summed E-state index contributed by atoms with van der Waals surface area (Å²) >= 11 is 11.3. The number of halogens is 1. The zero-order valence-corrected chi connectivity index (χ0v) is 10.6. The van der Waals surface area contributed by atoms with Crippen molar-refractivity contribution < 1.29 is 5.11 Å². The Kier molecular flexibility index (Phi) is 3.93. The Labute approximate surface area is 109 Å². The van der Waals surface area contributed by atoms with Gasteiger partial charge in [0.2, 0.25) is 0 Å². The molecule has 0 saturated carbocycles. The zero-order chi connectivity index (χ0) is 12.3. The van der Waals surface area contributed by atoms with Crippen LogP contribution in [0.25, 0.3) is 11.4 Å². The first kappa shape index (κ1) is 12.3. The van der Waals surface area contributed by atoms with Gasteiger partial charge in [-0.15, -0.1) is 0 Å². The van der Waals surface area contributed by atoms with Gasteiger partial charge in [-0.1, -0.05) is 23.7 Å². The molecule has 2 aromatic rings. The molecule has 0 spiro atoms. The molecule has 0 atom stereocenters. The molecular weight excluding hydrogens is 258 g/mol. The first-order valence-corrected chi connectivity index (χ1v) is 6.03. The topological polar surface area (TPSA) is 53.8 Å². The molecule has 2 N–H and O–H groups in total. The third kappa shape index (κ3) is 2.57. The lowest BCUT2D eigenvalue weighted by Gasteiger charge is -2.06. The molecule has 6 heteroatoms. The predicted molar refractivity (Wildman–Crippen MR) is 69.6 cm³/mol. The van der Waals surface area contributed by atoms with E-state index in [0.717, 1.165) is 5.56 Å². The number of aromatic nitrogens is 3. The molecule has 0 radical (unpaired) electrons. The highest BCUT2D eigenvalue weighted by Crippen LogP contribution is 2.25. The van der Waals surface area contributed by atoms with Crippen molar-refractivity contribution in [3.05, 3.63) is 34.1 Å². The summed E-state index contributed by atoms with van der Waals surface area (Å²) < 4.78 is 2.38. The molecule has 1 aromatic heterocycles.